The number of aliphatic hydroxyl groups is 1. The third kappa shape index (κ3) is 3.69. The van der Waals surface area contributed by atoms with Crippen LogP contribution in [-0.2, 0) is 9.53 Å². The van der Waals surface area contributed by atoms with E-state index in [0.29, 0.717) is 25.7 Å². The molecule has 2 N–H and O–H groups in total. The van der Waals surface area contributed by atoms with Gasteiger partial charge in [-0.1, -0.05) is 0 Å². The Hall–Kier alpha value is -2.42. The number of hydrogen-bond donors (Lipinski definition) is 2. The van der Waals surface area contributed by atoms with Crippen LogP contribution in [0.2, 0.25) is 0 Å². The second kappa shape index (κ2) is 6.95. The molecule has 1 spiro atoms. The van der Waals surface area contributed by atoms with E-state index in [-0.39, 0.29) is 28.7 Å². The molecule has 0 atom stereocenters. The van der Waals surface area contributed by atoms with Crippen molar-refractivity contribution in [3.63, 3.8) is 0 Å². The molecule has 0 saturated heterocycles. The van der Waals surface area contributed by atoms with Crippen molar-refractivity contribution >= 4 is 11.5 Å². The van der Waals surface area contributed by atoms with Crippen LogP contribution in [0, 0.1) is 0 Å². The summed E-state index contributed by atoms with van der Waals surface area (Å²) in [6, 6.07) is 3.59. The third-order valence-electron chi connectivity index (χ3n) is 5.07. The Morgan fingerprint density at radius 1 is 1.22 bits per heavy atom. The lowest BCUT2D eigenvalue weighted by Crippen LogP contribution is -2.48. The van der Waals surface area contributed by atoms with Crippen LogP contribution in [-0.4, -0.2) is 43.2 Å². The van der Waals surface area contributed by atoms with Gasteiger partial charge in [0.25, 0.3) is 5.91 Å². The molecule has 9 heteroatoms. The zero-order valence-corrected chi connectivity index (χ0v) is 14.9. The lowest BCUT2D eigenvalue weighted by Gasteiger charge is -2.36. The minimum atomic E-state index is -4.94. The lowest BCUT2D eigenvalue weighted by atomic mass is 9.79. The lowest BCUT2D eigenvalue weighted by molar-refractivity contribution is -0.274. The van der Waals surface area contributed by atoms with Gasteiger partial charge >= 0.3 is 6.36 Å². The monoisotopic (exact) mass is 387 g/mol. The molecule has 2 aliphatic rings. The van der Waals surface area contributed by atoms with Gasteiger partial charge in [0.05, 0.1) is 24.3 Å². The van der Waals surface area contributed by atoms with Crippen LogP contribution < -0.4 is 14.8 Å². The number of carbonyl (C=O) groups excluding carboxylic acids is 1. The van der Waals surface area contributed by atoms with Gasteiger partial charge in [0.2, 0.25) is 0 Å². The Labute approximate surface area is 153 Å². The number of ether oxygens (including phenoxy) is 3. The minimum absolute atomic E-state index is 0.0188. The Kier molecular flexibility index (Phi) is 4.98. The molecule has 1 fully saturated rings. The van der Waals surface area contributed by atoms with Crippen LogP contribution in [0.5, 0.6) is 11.5 Å². The molecule has 0 aromatic heterocycles. The number of carbonyl (C=O) groups is 1. The highest BCUT2D eigenvalue weighted by molar-refractivity contribution is 6.24. The van der Waals surface area contributed by atoms with E-state index in [9.17, 15) is 23.1 Å². The van der Waals surface area contributed by atoms with Crippen LogP contribution in [0.1, 0.15) is 31.2 Å². The van der Waals surface area contributed by atoms with E-state index in [1.807, 2.05) is 0 Å². The summed E-state index contributed by atoms with van der Waals surface area (Å²) in [6.07, 6.45) is -2.86. The predicted octanol–water partition coefficient (Wildman–Crippen LogP) is 3.32. The predicted molar refractivity (Wildman–Crippen MR) is 89.4 cm³/mol. The van der Waals surface area contributed by atoms with Gasteiger partial charge < -0.3 is 24.6 Å². The number of benzene rings is 1. The van der Waals surface area contributed by atoms with Crippen LogP contribution in [0.4, 0.5) is 13.2 Å². The van der Waals surface area contributed by atoms with E-state index >= 15 is 0 Å². The van der Waals surface area contributed by atoms with E-state index in [2.05, 4.69) is 10.1 Å². The van der Waals surface area contributed by atoms with Crippen molar-refractivity contribution in [3.05, 3.63) is 29.5 Å². The molecule has 1 aromatic rings. The van der Waals surface area contributed by atoms with Gasteiger partial charge in [-0.05, 0) is 43.9 Å². The minimum Gasteiger partial charge on any atom is -0.509 e. The molecule has 148 valence electrons. The number of halogens is 3. The summed E-state index contributed by atoms with van der Waals surface area (Å²) in [4.78, 5) is 12.6. The van der Waals surface area contributed by atoms with Crippen molar-refractivity contribution in [1.82, 2.24) is 5.32 Å². The molecule has 0 unspecified atom stereocenters. The molecule has 6 nitrogen and oxygen atoms in total. The molecule has 1 saturated carbocycles. The smallest absolute Gasteiger partial charge is 0.509 e. The van der Waals surface area contributed by atoms with Gasteiger partial charge in [-0.3, -0.25) is 4.79 Å². The van der Waals surface area contributed by atoms with Gasteiger partial charge in [0, 0.05) is 12.7 Å². The molecule has 1 aliphatic heterocycles. The van der Waals surface area contributed by atoms with Gasteiger partial charge in [-0.25, -0.2) is 0 Å². The first-order valence-electron chi connectivity index (χ1n) is 8.42. The van der Waals surface area contributed by atoms with Crippen molar-refractivity contribution in [3.8, 4) is 11.5 Å². The normalized spacial score (nSPS) is 25.7. The number of alkyl halides is 3. The Balaban J connectivity index is 2.05. The van der Waals surface area contributed by atoms with Crippen LogP contribution in [0.15, 0.2) is 24.0 Å². The van der Waals surface area contributed by atoms with E-state index in [1.54, 1.807) is 7.11 Å². The number of aliphatic hydroxyl groups excluding tert-OH is 1. The molecule has 1 aliphatic carbocycles. The fourth-order valence-corrected chi connectivity index (χ4v) is 3.66. The molecule has 0 radical (unpaired) electrons. The average molecular weight is 387 g/mol. The maximum Gasteiger partial charge on any atom is 0.573 e. The zero-order chi connectivity index (χ0) is 19.8. The van der Waals surface area contributed by atoms with Crippen molar-refractivity contribution in [2.24, 2.45) is 0 Å². The van der Waals surface area contributed by atoms with Crippen LogP contribution in [0.25, 0.3) is 5.57 Å². The van der Waals surface area contributed by atoms with E-state index in [1.165, 1.54) is 19.2 Å². The molecular weight excluding hydrogens is 367 g/mol. The summed E-state index contributed by atoms with van der Waals surface area (Å²) < 4.78 is 52.7. The molecular formula is C18H20F3NO5. The second-order valence-electron chi connectivity index (χ2n) is 6.60. The number of amides is 1. The Morgan fingerprint density at radius 3 is 2.44 bits per heavy atom. The molecule has 1 heterocycles. The van der Waals surface area contributed by atoms with Crippen molar-refractivity contribution in [1.29, 1.82) is 0 Å². The summed E-state index contributed by atoms with van der Waals surface area (Å²) >= 11 is 0. The number of nitrogens with one attached hydrogen (secondary N) is 1. The van der Waals surface area contributed by atoms with Crippen LogP contribution >= 0.6 is 0 Å². The number of hydrogen-bond acceptors (Lipinski definition) is 5. The summed E-state index contributed by atoms with van der Waals surface area (Å²) in [7, 11) is 2.94. The first-order chi connectivity index (χ1) is 12.7. The fourth-order valence-electron chi connectivity index (χ4n) is 3.66. The second-order valence-corrected chi connectivity index (χ2v) is 6.60. The molecule has 0 bridgehead atoms. The van der Waals surface area contributed by atoms with Crippen LogP contribution in [0.3, 0.4) is 0 Å². The number of rotatable bonds is 4. The highest BCUT2D eigenvalue weighted by Gasteiger charge is 2.48. The average Bonchev–Trinajstić information content (AvgIpc) is 2.85. The maximum atomic E-state index is 12.8. The SMILES string of the molecule is COc1ccc(OC(F)(F)F)c(C2=C(O)C3(CCC(OC)CC3)NC2=O)c1. The van der Waals surface area contributed by atoms with Gasteiger partial charge in [-0.15, -0.1) is 13.2 Å². The van der Waals surface area contributed by atoms with Crippen molar-refractivity contribution in [2.45, 2.75) is 43.7 Å². The molecule has 1 amide bonds. The summed E-state index contributed by atoms with van der Waals surface area (Å²) in [5, 5.41) is 13.6. The largest absolute Gasteiger partial charge is 0.573 e. The van der Waals surface area contributed by atoms with Crippen molar-refractivity contribution in [2.75, 3.05) is 14.2 Å². The van der Waals surface area contributed by atoms with Gasteiger partial charge in [0.1, 0.15) is 17.3 Å². The topological polar surface area (TPSA) is 77.0 Å². The third-order valence-corrected chi connectivity index (χ3v) is 5.07. The Morgan fingerprint density at radius 2 is 1.89 bits per heavy atom. The number of methoxy groups -OCH3 is 2. The van der Waals surface area contributed by atoms with Crippen molar-refractivity contribution < 1.29 is 37.3 Å². The summed E-state index contributed by atoms with van der Waals surface area (Å²) in [5.41, 5.74) is -1.41. The molecule has 27 heavy (non-hydrogen) atoms. The zero-order valence-electron chi connectivity index (χ0n) is 14.9. The van der Waals surface area contributed by atoms with E-state index in [4.69, 9.17) is 9.47 Å². The van der Waals surface area contributed by atoms with Gasteiger partial charge in [-0.2, -0.15) is 0 Å². The van der Waals surface area contributed by atoms with Gasteiger partial charge in [0.15, 0.2) is 0 Å². The summed E-state index contributed by atoms with van der Waals surface area (Å²) in [5.74, 6) is -1.27. The first kappa shape index (κ1) is 19.3. The summed E-state index contributed by atoms with van der Waals surface area (Å²) in [6.45, 7) is 0. The van der Waals surface area contributed by atoms with E-state index < -0.39 is 23.6 Å². The fraction of sp³-hybridized carbons (Fsp3) is 0.500. The van der Waals surface area contributed by atoms with E-state index in [0.717, 1.165) is 6.07 Å². The molecule has 3 rings (SSSR count). The molecule has 1 aromatic carbocycles. The highest BCUT2D eigenvalue weighted by Crippen LogP contribution is 2.44. The quantitative estimate of drug-likeness (QED) is 0.829. The Bertz CT molecular complexity index is 767. The first-order valence-corrected chi connectivity index (χ1v) is 8.42. The standard InChI is InChI=1S/C18H20F3NO5/c1-25-10-5-7-17(8-6-10)15(23)14(16(24)22-17)12-9-11(26-2)3-4-13(12)27-18(19,20)21/h3-4,9-10,23H,5-8H2,1-2H3,(H,22,24). The highest BCUT2D eigenvalue weighted by atomic mass is 19.4. The maximum absolute atomic E-state index is 12.8.